The zero-order valence-corrected chi connectivity index (χ0v) is 9.50. The molecule has 16 heavy (non-hydrogen) atoms. The SMILES string of the molecule is Nc1c(Cl)ncnc1Nc1ccc(Cl)cn1. The van der Waals surface area contributed by atoms with Crippen LogP contribution in [0, 0.1) is 0 Å². The van der Waals surface area contributed by atoms with Crippen molar-refractivity contribution in [3.8, 4) is 0 Å². The lowest BCUT2D eigenvalue weighted by Gasteiger charge is -2.07. The zero-order chi connectivity index (χ0) is 11.5. The van der Waals surface area contributed by atoms with Gasteiger partial charge in [0, 0.05) is 6.20 Å². The molecule has 3 N–H and O–H groups in total. The summed E-state index contributed by atoms with van der Waals surface area (Å²) in [5.74, 6) is 0.987. The summed E-state index contributed by atoms with van der Waals surface area (Å²) in [5.41, 5.74) is 5.97. The average molecular weight is 256 g/mol. The molecule has 2 heterocycles. The van der Waals surface area contributed by atoms with E-state index in [9.17, 15) is 0 Å². The monoisotopic (exact) mass is 255 g/mol. The molecule has 2 aromatic rings. The molecule has 0 radical (unpaired) electrons. The second-order valence-corrected chi connectivity index (χ2v) is 3.71. The smallest absolute Gasteiger partial charge is 0.159 e. The molecule has 0 saturated carbocycles. The zero-order valence-electron chi connectivity index (χ0n) is 7.98. The Morgan fingerprint density at radius 3 is 2.62 bits per heavy atom. The second-order valence-electron chi connectivity index (χ2n) is 2.91. The highest BCUT2D eigenvalue weighted by atomic mass is 35.5. The number of pyridine rings is 1. The topological polar surface area (TPSA) is 76.7 Å². The van der Waals surface area contributed by atoms with Crippen LogP contribution >= 0.6 is 23.2 Å². The van der Waals surface area contributed by atoms with Gasteiger partial charge < -0.3 is 11.1 Å². The largest absolute Gasteiger partial charge is 0.393 e. The first-order chi connectivity index (χ1) is 7.66. The highest BCUT2D eigenvalue weighted by Gasteiger charge is 2.06. The van der Waals surface area contributed by atoms with E-state index in [1.807, 2.05) is 0 Å². The van der Waals surface area contributed by atoms with Gasteiger partial charge in [-0.3, -0.25) is 0 Å². The third-order valence-corrected chi connectivity index (χ3v) is 2.33. The Balaban J connectivity index is 2.27. The number of hydrogen-bond donors (Lipinski definition) is 2. The highest BCUT2D eigenvalue weighted by Crippen LogP contribution is 2.24. The van der Waals surface area contributed by atoms with E-state index < -0.39 is 0 Å². The summed E-state index contributed by atoms with van der Waals surface area (Å²) in [6, 6.07) is 3.41. The summed E-state index contributed by atoms with van der Waals surface area (Å²) < 4.78 is 0. The first-order valence-electron chi connectivity index (χ1n) is 4.31. The lowest BCUT2D eigenvalue weighted by Crippen LogP contribution is -2.01. The van der Waals surface area contributed by atoms with E-state index in [4.69, 9.17) is 28.9 Å². The van der Waals surface area contributed by atoms with E-state index in [1.165, 1.54) is 12.5 Å². The number of aromatic nitrogens is 3. The maximum absolute atomic E-state index is 5.75. The van der Waals surface area contributed by atoms with E-state index in [0.29, 0.717) is 16.7 Å². The number of rotatable bonds is 2. The molecular formula is C9H7Cl2N5. The van der Waals surface area contributed by atoms with Crippen molar-refractivity contribution in [3.05, 3.63) is 34.8 Å². The van der Waals surface area contributed by atoms with Gasteiger partial charge in [-0.15, -0.1) is 0 Å². The molecule has 0 aliphatic rings. The van der Waals surface area contributed by atoms with Gasteiger partial charge in [-0.1, -0.05) is 23.2 Å². The third-order valence-electron chi connectivity index (χ3n) is 1.81. The molecule has 82 valence electrons. The van der Waals surface area contributed by atoms with Crippen LogP contribution in [0.15, 0.2) is 24.7 Å². The Hall–Kier alpha value is -1.59. The van der Waals surface area contributed by atoms with E-state index in [-0.39, 0.29) is 10.8 Å². The summed E-state index contributed by atoms with van der Waals surface area (Å²) in [7, 11) is 0. The summed E-state index contributed by atoms with van der Waals surface area (Å²) >= 11 is 11.5. The van der Waals surface area contributed by atoms with Gasteiger partial charge in [0.05, 0.1) is 5.02 Å². The minimum absolute atomic E-state index is 0.200. The molecule has 5 nitrogen and oxygen atoms in total. The van der Waals surface area contributed by atoms with E-state index in [0.717, 1.165) is 0 Å². The number of nitrogens with two attached hydrogens (primary N) is 1. The first kappa shape index (κ1) is 10.9. The van der Waals surface area contributed by atoms with Gasteiger partial charge in [-0.05, 0) is 12.1 Å². The van der Waals surface area contributed by atoms with Gasteiger partial charge in [0.2, 0.25) is 0 Å². The van der Waals surface area contributed by atoms with Crippen molar-refractivity contribution in [2.45, 2.75) is 0 Å². The summed E-state index contributed by atoms with van der Waals surface area (Å²) in [6.07, 6.45) is 2.83. The predicted octanol–water partition coefficient (Wildman–Crippen LogP) is 2.50. The number of halogens is 2. The van der Waals surface area contributed by atoms with Crippen LogP contribution in [-0.2, 0) is 0 Å². The molecule has 2 rings (SSSR count). The van der Waals surface area contributed by atoms with Gasteiger partial charge in [0.15, 0.2) is 11.0 Å². The summed E-state index contributed by atoms with van der Waals surface area (Å²) in [6.45, 7) is 0. The van der Waals surface area contributed by atoms with Gasteiger partial charge >= 0.3 is 0 Å². The molecule has 7 heteroatoms. The second kappa shape index (κ2) is 4.51. The normalized spacial score (nSPS) is 10.1. The molecule has 0 aliphatic heterocycles. The van der Waals surface area contributed by atoms with Crippen molar-refractivity contribution >= 4 is 40.5 Å². The lowest BCUT2D eigenvalue weighted by molar-refractivity contribution is 1.16. The number of nitrogens with one attached hydrogen (secondary N) is 1. The van der Waals surface area contributed by atoms with Gasteiger partial charge in [-0.25, -0.2) is 15.0 Å². The lowest BCUT2D eigenvalue weighted by atomic mass is 10.4. The third kappa shape index (κ3) is 2.32. The number of hydrogen-bond acceptors (Lipinski definition) is 5. The van der Waals surface area contributed by atoms with Crippen molar-refractivity contribution in [2.75, 3.05) is 11.1 Å². The van der Waals surface area contributed by atoms with Crippen LogP contribution in [0.3, 0.4) is 0 Å². The Labute approximate surface area is 102 Å². The minimum atomic E-state index is 0.200. The van der Waals surface area contributed by atoms with Crippen molar-refractivity contribution in [1.29, 1.82) is 0 Å². The molecule has 0 fully saturated rings. The van der Waals surface area contributed by atoms with Crippen molar-refractivity contribution in [1.82, 2.24) is 15.0 Å². The number of nitrogens with zero attached hydrogens (tertiary/aromatic N) is 3. The minimum Gasteiger partial charge on any atom is -0.393 e. The molecule has 0 atom stereocenters. The fourth-order valence-corrected chi connectivity index (χ4v) is 1.29. The predicted molar refractivity (Wildman–Crippen MR) is 64.0 cm³/mol. The quantitative estimate of drug-likeness (QED) is 0.807. The van der Waals surface area contributed by atoms with Gasteiger partial charge in [0.1, 0.15) is 17.8 Å². The molecule has 0 spiro atoms. The first-order valence-corrected chi connectivity index (χ1v) is 5.07. The Morgan fingerprint density at radius 1 is 1.12 bits per heavy atom. The van der Waals surface area contributed by atoms with Crippen LogP contribution in [0.1, 0.15) is 0 Å². The van der Waals surface area contributed by atoms with Gasteiger partial charge in [0.25, 0.3) is 0 Å². The Morgan fingerprint density at radius 2 is 1.94 bits per heavy atom. The average Bonchev–Trinajstić information content (AvgIpc) is 2.28. The number of anilines is 3. The molecule has 0 bridgehead atoms. The van der Waals surface area contributed by atoms with Crippen molar-refractivity contribution < 1.29 is 0 Å². The van der Waals surface area contributed by atoms with E-state index in [1.54, 1.807) is 12.1 Å². The van der Waals surface area contributed by atoms with Crippen LogP contribution in [0.5, 0.6) is 0 Å². The van der Waals surface area contributed by atoms with Crippen molar-refractivity contribution in [2.24, 2.45) is 0 Å². The maximum atomic E-state index is 5.75. The molecule has 2 aromatic heterocycles. The fraction of sp³-hybridized carbons (Fsp3) is 0. The highest BCUT2D eigenvalue weighted by molar-refractivity contribution is 6.32. The van der Waals surface area contributed by atoms with Crippen LogP contribution in [0.2, 0.25) is 10.2 Å². The molecule has 0 aromatic carbocycles. The molecule has 0 aliphatic carbocycles. The Bertz CT molecular complexity index is 500. The van der Waals surface area contributed by atoms with Crippen LogP contribution < -0.4 is 11.1 Å². The molecule has 0 amide bonds. The summed E-state index contributed by atoms with van der Waals surface area (Å²) in [4.78, 5) is 11.7. The molecule has 0 saturated heterocycles. The molecular weight excluding hydrogens is 249 g/mol. The maximum Gasteiger partial charge on any atom is 0.159 e. The van der Waals surface area contributed by atoms with Gasteiger partial charge in [-0.2, -0.15) is 0 Å². The standard InChI is InChI=1S/C9H7Cl2N5/c10-5-1-2-6(13-3-5)16-9-7(12)8(11)14-4-15-9/h1-4H,12H2,(H,13,14,15,16). The van der Waals surface area contributed by atoms with Crippen LogP contribution in [0.25, 0.3) is 0 Å². The van der Waals surface area contributed by atoms with Crippen LogP contribution in [-0.4, -0.2) is 15.0 Å². The van der Waals surface area contributed by atoms with Crippen LogP contribution in [0.4, 0.5) is 17.3 Å². The Kier molecular flexibility index (Phi) is 3.07. The van der Waals surface area contributed by atoms with E-state index >= 15 is 0 Å². The fourth-order valence-electron chi connectivity index (χ4n) is 1.04. The number of nitrogen functional groups attached to an aromatic ring is 1. The van der Waals surface area contributed by atoms with Crippen molar-refractivity contribution in [3.63, 3.8) is 0 Å². The van der Waals surface area contributed by atoms with E-state index in [2.05, 4.69) is 20.3 Å². The summed E-state index contributed by atoms with van der Waals surface area (Å²) in [5, 5.41) is 3.67. The molecule has 0 unspecified atom stereocenters.